The van der Waals surface area contributed by atoms with Crippen molar-refractivity contribution in [3.8, 4) is 5.75 Å². The van der Waals surface area contributed by atoms with Gasteiger partial charge in [-0.05, 0) is 39.3 Å². The van der Waals surface area contributed by atoms with Crippen molar-refractivity contribution in [1.29, 1.82) is 0 Å². The Hall–Kier alpha value is -1.85. The van der Waals surface area contributed by atoms with Gasteiger partial charge in [0, 0.05) is 12.7 Å². The monoisotopic (exact) mass is 282 g/mol. The number of nitrogens with zero attached hydrogens (tertiary/aromatic N) is 2. The molecule has 110 valence electrons. The standard InChI is InChI=1S/C14H19FN2O3/c1-14(2,3)20-13(18)17-8-6-10(17)9-19-11-5-4-7-16-12(11)15/h4-5,7,10H,6,8-9H2,1-3H3/t10-/m0/s1. The lowest BCUT2D eigenvalue weighted by Gasteiger charge is -2.40. The smallest absolute Gasteiger partial charge is 0.410 e. The Morgan fingerprint density at radius 1 is 1.55 bits per heavy atom. The van der Waals surface area contributed by atoms with Crippen molar-refractivity contribution in [3.63, 3.8) is 0 Å². The molecule has 1 atom stereocenters. The Balaban J connectivity index is 1.86. The average molecular weight is 282 g/mol. The molecule has 6 heteroatoms. The molecule has 0 unspecified atom stereocenters. The first kappa shape index (κ1) is 14.6. The van der Waals surface area contributed by atoms with Gasteiger partial charge >= 0.3 is 6.09 Å². The normalized spacial score (nSPS) is 18.4. The lowest BCUT2D eigenvalue weighted by molar-refractivity contribution is -0.0144. The molecule has 1 aromatic heterocycles. The van der Waals surface area contributed by atoms with Gasteiger partial charge in [0.05, 0.1) is 6.04 Å². The molecule has 0 spiro atoms. The van der Waals surface area contributed by atoms with Crippen LogP contribution in [0.4, 0.5) is 9.18 Å². The van der Waals surface area contributed by atoms with E-state index >= 15 is 0 Å². The first-order valence-electron chi connectivity index (χ1n) is 6.60. The molecule has 2 heterocycles. The maximum absolute atomic E-state index is 13.3. The van der Waals surface area contributed by atoms with E-state index in [1.165, 1.54) is 12.3 Å². The van der Waals surface area contributed by atoms with Crippen LogP contribution >= 0.6 is 0 Å². The van der Waals surface area contributed by atoms with Crippen molar-refractivity contribution in [2.75, 3.05) is 13.2 Å². The second-order valence-electron chi connectivity index (χ2n) is 5.72. The zero-order valence-electron chi connectivity index (χ0n) is 11.9. The summed E-state index contributed by atoms with van der Waals surface area (Å²) < 4.78 is 24.0. The summed E-state index contributed by atoms with van der Waals surface area (Å²) in [6.07, 6.45) is 1.82. The predicted molar refractivity (Wildman–Crippen MR) is 71.0 cm³/mol. The SMILES string of the molecule is CC(C)(C)OC(=O)N1CC[C@H]1COc1cccnc1F. The van der Waals surface area contributed by atoms with E-state index in [2.05, 4.69) is 4.98 Å². The maximum Gasteiger partial charge on any atom is 0.410 e. The lowest BCUT2D eigenvalue weighted by atomic mass is 10.1. The quantitative estimate of drug-likeness (QED) is 0.800. The molecule has 0 aliphatic carbocycles. The molecular weight excluding hydrogens is 263 g/mol. The van der Waals surface area contributed by atoms with Crippen LogP contribution in [0.15, 0.2) is 18.3 Å². The van der Waals surface area contributed by atoms with Gasteiger partial charge < -0.3 is 14.4 Å². The molecule has 0 aromatic carbocycles. The number of carbonyl (C=O) groups is 1. The molecule has 2 rings (SSSR count). The largest absolute Gasteiger partial charge is 0.487 e. The van der Waals surface area contributed by atoms with E-state index in [1.807, 2.05) is 20.8 Å². The third-order valence-electron chi connectivity index (χ3n) is 2.93. The minimum absolute atomic E-state index is 0.0792. The summed E-state index contributed by atoms with van der Waals surface area (Å²) in [7, 11) is 0. The summed E-state index contributed by atoms with van der Waals surface area (Å²) >= 11 is 0. The Morgan fingerprint density at radius 2 is 2.30 bits per heavy atom. The summed E-state index contributed by atoms with van der Waals surface area (Å²) in [6, 6.07) is 3.04. The number of amides is 1. The van der Waals surface area contributed by atoms with Gasteiger partial charge in [-0.15, -0.1) is 0 Å². The Bertz CT molecular complexity index is 488. The van der Waals surface area contributed by atoms with Gasteiger partial charge in [-0.1, -0.05) is 0 Å². The molecule has 1 saturated heterocycles. The molecule has 0 radical (unpaired) electrons. The van der Waals surface area contributed by atoms with Gasteiger partial charge in [-0.25, -0.2) is 9.78 Å². The number of carbonyl (C=O) groups excluding carboxylic acids is 1. The molecule has 1 aliphatic rings. The van der Waals surface area contributed by atoms with Crippen LogP contribution in [0.3, 0.4) is 0 Å². The highest BCUT2D eigenvalue weighted by Gasteiger charge is 2.35. The van der Waals surface area contributed by atoms with Crippen molar-refractivity contribution in [2.45, 2.75) is 38.8 Å². The van der Waals surface area contributed by atoms with Gasteiger partial charge in [0.1, 0.15) is 12.2 Å². The number of hydrogen-bond acceptors (Lipinski definition) is 4. The van der Waals surface area contributed by atoms with E-state index in [0.29, 0.717) is 6.54 Å². The van der Waals surface area contributed by atoms with Crippen LogP contribution in [0.2, 0.25) is 0 Å². The van der Waals surface area contributed by atoms with E-state index in [1.54, 1.807) is 11.0 Å². The maximum atomic E-state index is 13.3. The van der Waals surface area contributed by atoms with Crippen molar-refractivity contribution in [1.82, 2.24) is 9.88 Å². The second kappa shape index (κ2) is 5.64. The summed E-state index contributed by atoms with van der Waals surface area (Å²) in [4.78, 5) is 17.0. The Labute approximate surface area is 117 Å². The molecule has 0 bridgehead atoms. The average Bonchev–Trinajstić information content (AvgIpc) is 2.27. The fraction of sp³-hybridized carbons (Fsp3) is 0.571. The Morgan fingerprint density at radius 3 is 2.85 bits per heavy atom. The number of rotatable bonds is 3. The van der Waals surface area contributed by atoms with Gasteiger partial charge in [-0.3, -0.25) is 0 Å². The number of ether oxygens (including phenoxy) is 2. The molecule has 1 fully saturated rings. The highest BCUT2D eigenvalue weighted by atomic mass is 19.1. The van der Waals surface area contributed by atoms with Crippen molar-refractivity contribution in [2.24, 2.45) is 0 Å². The number of halogens is 1. The molecule has 20 heavy (non-hydrogen) atoms. The summed E-state index contributed by atoms with van der Waals surface area (Å²) in [5.41, 5.74) is -0.520. The van der Waals surface area contributed by atoms with Crippen LogP contribution in [0.5, 0.6) is 5.75 Å². The Kier molecular flexibility index (Phi) is 4.11. The molecular formula is C14H19FN2O3. The zero-order chi connectivity index (χ0) is 14.8. The van der Waals surface area contributed by atoms with Gasteiger partial charge in [0.15, 0.2) is 5.75 Å². The highest BCUT2D eigenvalue weighted by Crippen LogP contribution is 2.23. The summed E-state index contributed by atoms with van der Waals surface area (Å²) in [5, 5.41) is 0. The topological polar surface area (TPSA) is 51.7 Å². The van der Waals surface area contributed by atoms with E-state index in [0.717, 1.165) is 6.42 Å². The fourth-order valence-corrected chi connectivity index (χ4v) is 1.84. The van der Waals surface area contributed by atoms with Crippen molar-refractivity contribution in [3.05, 3.63) is 24.3 Å². The minimum Gasteiger partial charge on any atom is -0.487 e. The second-order valence-corrected chi connectivity index (χ2v) is 5.72. The van der Waals surface area contributed by atoms with Crippen molar-refractivity contribution >= 4 is 6.09 Å². The first-order valence-corrected chi connectivity index (χ1v) is 6.60. The molecule has 0 N–H and O–H groups in total. The first-order chi connectivity index (χ1) is 9.37. The van der Waals surface area contributed by atoms with E-state index in [4.69, 9.17) is 9.47 Å². The van der Waals surface area contributed by atoms with Crippen LogP contribution in [0, 0.1) is 5.95 Å². The van der Waals surface area contributed by atoms with Crippen LogP contribution in [-0.4, -0.2) is 40.8 Å². The molecule has 5 nitrogen and oxygen atoms in total. The van der Waals surface area contributed by atoms with E-state index in [-0.39, 0.29) is 24.5 Å². The van der Waals surface area contributed by atoms with Gasteiger partial charge in [-0.2, -0.15) is 4.39 Å². The van der Waals surface area contributed by atoms with Crippen LogP contribution in [0.1, 0.15) is 27.2 Å². The molecule has 0 saturated carbocycles. The van der Waals surface area contributed by atoms with Crippen LogP contribution < -0.4 is 4.74 Å². The van der Waals surface area contributed by atoms with Gasteiger partial charge in [0.2, 0.25) is 0 Å². The molecule has 1 aromatic rings. The number of hydrogen-bond donors (Lipinski definition) is 0. The fourth-order valence-electron chi connectivity index (χ4n) is 1.84. The minimum atomic E-state index is -0.643. The van der Waals surface area contributed by atoms with E-state index in [9.17, 15) is 9.18 Å². The third-order valence-corrected chi connectivity index (χ3v) is 2.93. The predicted octanol–water partition coefficient (Wildman–Crippen LogP) is 2.61. The number of likely N-dealkylation sites (tertiary alicyclic amines) is 1. The number of aromatic nitrogens is 1. The van der Waals surface area contributed by atoms with Gasteiger partial charge in [0.25, 0.3) is 5.95 Å². The molecule has 1 aliphatic heterocycles. The zero-order valence-corrected chi connectivity index (χ0v) is 11.9. The summed E-state index contributed by atoms with van der Waals surface area (Å²) in [5.74, 6) is -0.542. The van der Waals surface area contributed by atoms with Crippen molar-refractivity contribution < 1.29 is 18.7 Å². The highest BCUT2D eigenvalue weighted by molar-refractivity contribution is 5.69. The molecule has 1 amide bonds. The number of pyridine rings is 1. The lowest BCUT2D eigenvalue weighted by Crippen LogP contribution is -2.55. The van der Waals surface area contributed by atoms with Crippen LogP contribution in [-0.2, 0) is 4.74 Å². The van der Waals surface area contributed by atoms with E-state index < -0.39 is 11.5 Å². The van der Waals surface area contributed by atoms with Crippen LogP contribution in [0.25, 0.3) is 0 Å². The third kappa shape index (κ3) is 3.59. The summed E-state index contributed by atoms with van der Waals surface area (Å²) in [6.45, 7) is 6.34.